The van der Waals surface area contributed by atoms with Crippen LogP contribution in [0.4, 0.5) is 13.8 Å². The van der Waals surface area contributed by atoms with Gasteiger partial charge in [0.25, 0.3) is 5.91 Å². The number of thiophene rings is 1. The highest BCUT2D eigenvalue weighted by Crippen LogP contribution is 2.38. The Morgan fingerprint density at radius 3 is 2.33 bits per heavy atom. The molecule has 7 heteroatoms. The zero-order valence-corrected chi connectivity index (χ0v) is 15.3. The minimum absolute atomic E-state index is 0.0176. The highest BCUT2D eigenvalue weighted by Gasteiger charge is 2.24. The molecule has 2 aromatic carbocycles. The minimum Gasteiger partial charge on any atom is -0.478 e. The summed E-state index contributed by atoms with van der Waals surface area (Å²) in [6.07, 6.45) is 0. The van der Waals surface area contributed by atoms with Crippen molar-refractivity contribution in [1.82, 2.24) is 0 Å². The topological polar surface area (TPSA) is 66.4 Å². The van der Waals surface area contributed by atoms with Gasteiger partial charge in [-0.15, -0.1) is 11.3 Å². The molecule has 0 atom stereocenters. The van der Waals surface area contributed by atoms with Crippen LogP contribution >= 0.6 is 11.3 Å². The van der Waals surface area contributed by atoms with Crippen LogP contribution in [0, 0.1) is 25.5 Å². The Bertz CT molecular complexity index is 1060. The van der Waals surface area contributed by atoms with Crippen LogP contribution in [0.1, 0.15) is 31.8 Å². The van der Waals surface area contributed by atoms with Gasteiger partial charge in [-0.1, -0.05) is 30.3 Å². The fourth-order valence-electron chi connectivity index (χ4n) is 2.71. The van der Waals surface area contributed by atoms with E-state index in [1.807, 2.05) is 0 Å². The summed E-state index contributed by atoms with van der Waals surface area (Å²) >= 11 is 0.945. The lowest BCUT2D eigenvalue weighted by Crippen LogP contribution is -2.14. The van der Waals surface area contributed by atoms with Crippen LogP contribution in [0.3, 0.4) is 0 Å². The van der Waals surface area contributed by atoms with Gasteiger partial charge in [0.05, 0.1) is 0 Å². The van der Waals surface area contributed by atoms with Crippen LogP contribution in [-0.4, -0.2) is 17.0 Å². The van der Waals surface area contributed by atoms with Gasteiger partial charge >= 0.3 is 5.97 Å². The molecule has 0 saturated heterocycles. The van der Waals surface area contributed by atoms with Gasteiger partial charge in [-0.2, -0.15) is 0 Å². The van der Waals surface area contributed by atoms with Crippen LogP contribution in [0.25, 0.3) is 11.1 Å². The molecule has 0 aliphatic heterocycles. The molecule has 1 aromatic heterocycles. The second-order valence-electron chi connectivity index (χ2n) is 5.99. The number of aryl methyl sites for hydroxylation is 2. The van der Waals surface area contributed by atoms with Crippen molar-refractivity contribution in [3.05, 3.63) is 75.7 Å². The maximum Gasteiger partial charge on any atom is 0.339 e. The molecule has 3 rings (SSSR count). The van der Waals surface area contributed by atoms with Gasteiger partial charge in [0, 0.05) is 22.1 Å². The lowest BCUT2D eigenvalue weighted by Gasteiger charge is -2.09. The molecule has 4 nitrogen and oxygen atoms in total. The molecule has 0 unspecified atom stereocenters. The maximum absolute atomic E-state index is 14.3. The van der Waals surface area contributed by atoms with Crippen LogP contribution in [0.5, 0.6) is 0 Å². The third kappa shape index (κ3) is 3.46. The van der Waals surface area contributed by atoms with Crippen molar-refractivity contribution < 1.29 is 23.5 Å². The summed E-state index contributed by atoms with van der Waals surface area (Å²) in [7, 11) is 0. The van der Waals surface area contributed by atoms with Crippen molar-refractivity contribution in [3.63, 3.8) is 0 Å². The first-order valence-corrected chi connectivity index (χ1v) is 8.86. The molecule has 0 aliphatic rings. The average Bonchev–Trinajstić information content (AvgIpc) is 3.03. The van der Waals surface area contributed by atoms with E-state index >= 15 is 0 Å². The molecule has 0 spiro atoms. The Balaban J connectivity index is 2.05. The predicted octanol–water partition coefficient (Wildman–Crippen LogP) is 5.26. The van der Waals surface area contributed by atoms with Crippen molar-refractivity contribution in [2.24, 2.45) is 0 Å². The molecule has 0 bridgehead atoms. The van der Waals surface area contributed by atoms with E-state index in [-0.39, 0.29) is 27.3 Å². The number of hydrogen-bond donors (Lipinski definition) is 2. The number of nitrogens with one attached hydrogen (secondary N) is 1. The number of carboxylic acids is 1. The van der Waals surface area contributed by atoms with Crippen molar-refractivity contribution in [3.8, 4) is 11.1 Å². The van der Waals surface area contributed by atoms with Gasteiger partial charge in [-0.3, -0.25) is 4.79 Å². The molecule has 0 fully saturated rings. The Labute approximate surface area is 158 Å². The van der Waals surface area contributed by atoms with E-state index in [4.69, 9.17) is 0 Å². The van der Waals surface area contributed by atoms with Crippen LogP contribution < -0.4 is 5.32 Å². The van der Waals surface area contributed by atoms with E-state index in [1.165, 1.54) is 24.4 Å². The van der Waals surface area contributed by atoms with Gasteiger partial charge in [0.1, 0.15) is 10.6 Å². The first-order valence-electron chi connectivity index (χ1n) is 7.98. The SMILES string of the molecule is Cc1ccccc1C(=O)Nc1scc(-c2ccc(C)c(F)c2F)c1C(=O)O. The molecular weight excluding hydrogens is 372 g/mol. The average molecular weight is 387 g/mol. The van der Waals surface area contributed by atoms with Gasteiger partial charge < -0.3 is 10.4 Å². The van der Waals surface area contributed by atoms with E-state index in [1.54, 1.807) is 31.2 Å². The Kier molecular flexibility index (Phi) is 5.05. The van der Waals surface area contributed by atoms with Crippen molar-refractivity contribution in [2.45, 2.75) is 13.8 Å². The molecule has 27 heavy (non-hydrogen) atoms. The largest absolute Gasteiger partial charge is 0.478 e. The first-order chi connectivity index (χ1) is 12.8. The first kappa shape index (κ1) is 18.7. The molecule has 1 amide bonds. The highest BCUT2D eigenvalue weighted by atomic mass is 32.1. The molecule has 0 saturated carbocycles. The summed E-state index contributed by atoms with van der Waals surface area (Å²) in [5.74, 6) is -3.96. The van der Waals surface area contributed by atoms with Crippen LogP contribution in [0.2, 0.25) is 0 Å². The number of rotatable bonds is 4. The summed E-state index contributed by atoms with van der Waals surface area (Å²) in [6.45, 7) is 3.18. The fraction of sp³-hybridized carbons (Fsp3) is 0.100. The van der Waals surface area contributed by atoms with E-state index in [9.17, 15) is 23.5 Å². The number of carbonyl (C=O) groups is 2. The number of amides is 1. The van der Waals surface area contributed by atoms with Gasteiger partial charge in [0.15, 0.2) is 11.6 Å². The Hall–Kier alpha value is -3.06. The van der Waals surface area contributed by atoms with Crippen molar-refractivity contribution >= 4 is 28.2 Å². The fourth-order valence-corrected chi connectivity index (χ4v) is 3.66. The summed E-state index contributed by atoms with van der Waals surface area (Å²) in [5.41, 5.74) is 0.833. The molecule has 2 N–H and O–H groups in total. The Morgan fingerprint density at radius 2 is 1.67 bits per heavy atom. The maximum atomic E-state index is 14.3. The van der Waals surface area contributed by atoms with E-state index in [0.717, 1.165) is 16.9 Å². The highest BCUT2D eigenvalue weighted by molar-refractivity contribution is 7.15. The summed E-state index contributed by atoms with van der Waals surface area (Å²) in [6, 6.07) is 9.57. The number of carbonyl (C=O) groups excluding carboxylic acids is 1. The second kappa shape index (κ2) is 7.28. The van der Waals surface area contributed by atoms with Crippen LogP contribution in [0.15, 0.2) is 41.8 Å². The predicted molar refractivity (Wildman–Crippen MR) is 100 cm³/mol. The number of anilines is 1. The third-order valence-electron chi connectivity index (χ3n) is 4.19. The lowest BCUT2D eigenvalue weighted by atomic mass is 10.0. The third-order valence-corrected chi connectivity index (χ3v) is 5.08. The van der Waals surface area contributed by atoms with Crippen LogP contribution in [-0.2, 0) is 0 Å². The zero-order valence-electron chi connectivity index (χ0n) is 14.5. The quantitative estimate of drug-likeness (QED) is 0.642. The lowest BCUT2D eigenvalue weighted by molar-refractivity contribution is 0.0699. The normalized spacial score (nSPS) is 10.7. The molecule has 138 valence electrons. The van der Waals surface area contributed by atoms with E-state index in [0.29, 0.717) is 5.56 Å². The van der Waals surface area contributed by atoms with Gasteiger partial charge in [-0.05, 0) is 31.0 Å². The second-order valence-corrected chi connectivity index (χ2v) is 6.87. The number of carboxylic acid groups (broad SMARTS) is 1. The monoisotopic (exact) mass is 387 g/mol. The number of benzene rings is 2. The van der Waals surface area contributed by atoms with E-state index in [2.05, 4.69) is 5.32 Å². The zero-order chi connectivity index (χ0) is 19.7. The summed E-state index contributed by atoms with van der Waals surface area (Å²) in [4.78, 5) is 24.3. The minimum atomic E-state index is -1.34. The summed E-state index contributed by atoms with van der Waals surface area (Å²) < 4.78 is 28.2. The number of halogens is 2. The Morgan fingerprint density at radius 1 is 0.963 bits per heavy atom. The molecular formula is C20H15F2NO3S. The van der Waals surface area contributed by atoms with Crippen molar-refractivity contribution in [1.29, 1.82) is 0 Å². The summed E-state index contributed by atoms with van der Waals surface area (Å²) in [5, 5.41) is 13.6. The standard InChI is InChI=1S/C20H15F2NO3S/c1-10-5-3-4-6-12(10)18(24)23-19-15(20(25)26)14(9-27-19)13-8-7-11(2)16(21)17(13)22/h3-9H,1-2H3,(H,23,24)(H,25,26). The van der Waals surface area contributed by atoms with Crippen molar-refractivity contribution in [2.75, 3.05) is 5.32 Å². The molecule has 3 aromatic rings. The molecule has 1 heterocycles. The molecule has 0 aliphatic carbocycles. The number of hydrogen-bond acceptors (Lipinski definition) is 3. The molecule has 0 radical (unpaired) electrons. The smallest absolute Gasteiger partial charge is 0.339 e. The van der Waals surface area contributed by atoms with E-state index < -0.39 is 23.5 Å². The van der Waals surface area contributed by atoms with Gasteiger partial charge in [-0.25, -0.2) is 13.6 Å². The van der Waals surface area contributed by atoms with Gasteiger partial charge in [0.2, 0.25) is 0 Å². The number of aromatic carboxylic acids is 1.